The minimum absolute atomic E-state index is 0. The molecule has 0 aliphatic heterocycles. The quantitative estimate of drug-likeness (QED) is 0.145. The Kier molecular flexibility index (Phi) is 18.6. The van der Waals surface area contributed by atoms with Gasteiger partial charge in [0.25, 0.3) is 0 Å². The van der Waals surface area contributed by atoms with Gasteiger partial charge in [0.2, 0.25) is 0 Å². The van der Waals surface area contributed by atoms with Crippen LogP contribution in [0.5, 0.6) is 0 Å². The van der Waals surface area contributed by atoms with E-state index >= 15 is 0 Å². The van der Waals surface area contributed by atoms with Crippen LogP contribution in [0.4, 0.5) is 0 Å². The number of aromatic nitrogens is 6. The van der Waals surface area contributed by atoms with Gasteiger partial charge in [-0.1, -0.05) is 42.8 Å². The van der Waals surface area contributed by atoms with E-state index in [0.29, 0.717) is 0 Å². The summed E-state index contributed by atoms with van der Waals surface area (Å²) < 4.78 is 0. The van der Waals surface area contributed by atoms with Gasteiger partial charge in [-0.25, -0.2) is 0 Å². The molecular formula is C35H38N8Ru. The SMILES string of the molecule is NCCCCCN.[Ru].c1ccc(-c2ccccn2)nc1.c1ccc(-c2ccccn2)nc1.c1ccc(-c2ccccn2)nc1. The summed E-state index contributed by atoms with van der Waals surface area (Å²) in [6.45, 7) is 1.61. The van der Waals surface area contributed by atoms with Crippen LogP contribution in [-0.2, 0) is 19.5 Å². The van der Waals surface area contributed by atoms with Gasteiger partial charge in [-0.2, -0.15) is 0 Å². The Labute approximate surface area is 272 Å². The monoisotopic (exact) mass is 672 g/mol. The second kappa shape index (κ2) is 23.0. The molecule has 0 atom stereocenters. The molecule has 6 heterocycles. The van der Waals surface area contributed by atoms with E-state index in [1.165, 1.54) is 6.42 Å². The minimum atomic E-state index is 0. The van der Waals surface area contributed by atoms with Crippen molar-refractivity contribution < 1.29 is 19.5 Å². The fraction of sp³-hybridized carbons (Fsp3) is 0.143. The third-order valence-electron chi connectivity index (χ3n) is 5.68. The Hall–Kier alpha value is -4.56. The molecule has 0 aromatic carbocycles. The first-order valence-electron chi connectivity index (χ1n) is 14.2. The van der Waals surface area contributed by atoms with Crippen molar-refractivity contribution in [1.29, 1.82) is 0 Å². The fourth-order valence-corrected chi connectivity index (χ4v) is 3.55. The van der Waals surface area contributed by atoms with E-state index in [0.717, 1.165) is 60.1 Å². The van der Waals surface area contributed by atoms with E-state index in [9.17, 15) is 0 Å². The van der Waals surface area contributed by atoms with Crippen molar-refractivity contribution in [1.82, 2.24) is 29.9 Å². The predicted octanol–water partition coefficient (Wildman–Crippen LogP) is 6.50. The van der Waals surface area contributed by atoms with Gasteiger partial charge < -0.3 is 11.5 Å². The van der Waals surface area contributed by atoms with Crippen LogP contribution in [-0.4, -0.2) is 43.0 Å². The maximum absolute atomic E-state index is 5.23. The molecule has 9 heteroatoms. The second-order valence-corrected chi connectivity index (χ2v) is 8.93. The molecule has 6 aromatic rings. The van der Waals surface area contributed by atoms with Gasteiger partial charge in [0.1, 0.15) is 0 Å². The van der Waals surface area contributed by atoms with Crippen molar-refractivity contribution in [2.45, 2.75) is 19.3 Å². The van der Waals surface area contributed by atoms with E-state index < -0.39 is 0 Å². The summed E-state index contributed by atoms with van der Waals surface area (Å²) in [4.78, 5) is 25.1. The zero-order valence-corrected chi connectivity index (χ0v) is 26.3. The molecule has 226 valence electrons. The van der Waals surface area contributed by atoms with Crippen molar-refractivity contribution in [2.24, 2.45) is 11.5 Å². The van der Waals surface area contributed by atoms with Crippen molar-refractivity contribution >= 4 is 0 Å². The van der Waals surface area contributed by atoms with Crippen LogP contribution in [0.3, 0.4) is 0 Å². The van der Waals surface area contributed by atoms with Crippen LogP contribution in [0.1, 0.15) is 19.3 Å². The van der Waals surface area contributed by atoms with Gasteiger partial charge in [0.15, 0.2) is 0 Å². The molecule has 8 nitrogen and oxygen atoms in total. The Morgan fingerprint density at radius 1 is 0.318 bits per heavy atom. The second-order valence-electron chi connectivity index (χ2n) is 8.93. The molecule has 0 aliphatic carbocycles. The summed E-state index contributed by atoms with van der Waals surface area (Å²) in [5, 5.41) is 0. The van der Waals surface area contributed by atoms with Gasteiger partial charge in [0.05, 0.1) is 34.2 Å². The largest absolute Gasteiger partial charge is 0.330 e. The zero-order valence-electron chi connectivity index (χ0n) is 24.6. The van der Waals surface area contributed by atoms with Crippen LogP contribution >= 0.6 is 0 Å². The molecule has 6 rings (SSSR count). The first kappa shape index (κ1) is 35.6. The van der Waals surface area contributed by atoms with E-state index in [4.69, 9.17) is 11.5 Å². The molecular weight excluding hydrogens is 634 g/mol. The van der Waals surface area contributed by atoms with Crippen molar-refractivity contribution in [2.75, 3.05) is 13.1 Å². The summed E-state index contributed by atoms with van der Waals surface area (Å²) in [6.07, 6.45) is 14.0. The molecule has 44 heavy (non-hydrogen) atoms. The molecule has 6 aromatic heterocycles. The molecule has 0 unspecified atom stereocenters. The molecule has 0 aliphatic rings. The van der Waals surface area contributed by atoms with E-state index in [2.05, 4.69) is 29.9 Å². The topological polar surface area (TPSA) is 129 Å². The molecule has 4 N–H and O–H groups in total. The van der Waals surface area contributed by atoms with Crippen LogP contribution in [0.15, 0.2) is 146 Å². The van der Waals surface area contributed by atoms with Crippen molar-refractivity contribution in [3.63, 3.8) is 0 Å². The Bertz CT molecular complexity index is 1190. The third-order valence-corrected chi connectivity index (χ3v) is 5.68. The first-order valence-corrected chi connectivity index (χ1v) is 14.2. The molecule has 0 saturated heterocycles. The smallest absolute Gasteiger partial charge is 0.0886 e. The van der Waals surface area contributed by atoms with E-state index in [1.54, 1.807) is 37.2 Å². The number of hydrogen-bond donors (Lipinski definition) is 2. The average molecular weight is 672 g/mol. The summed E-state index contributed by atoms with van der Waals surface area (Å²) in [5.41, 5.74) is 15.9. The van der Waals surface area contributed by atoms with E-state index in [-0.39, 0.29) is 19.5 Å². The summed E-state index contributed by atoms with van der Waals surface area (Å²) in [7, 11) is 0. The Balaban J connectivity index is 0.000000207. The summed E-state index contributed by atoms with van der Waals surface area (Å²) >= 11 is 0. The zero-order chi connectivity index (χ0) is 30.2. The molecule has 0 amide bonds. The maximum Gasteiger partial charge on any atom is 0.0886 e. The Morgan fingerprint density at radius 2 is 0.523 bits per heavy atom. The fourth-order valence-electron chi connectivity index (χ4n) is 3.55. The summed E-state index contributed by atoms with van der Waals surface area (Å²) in [6, 6.07) is 34.8. The summed E-state index contributed by atoms with van der Waals surface area (Å²) in [5.74, 6) is 0. The first-order chi connectivity index (χ1) is 21.3. The predicted molar refractivity (Wildman–Crippen MR) is 174 cm³/mol. The van der Waals surface area contributed by atoms with Crippen LogP contribution in [0.2, 0.25) is 0 Å². The van der Waals surface area contributed by atoms with Crippen LogP contribution < -0.4 is 11.5 Å². The van der Waals surface area contributed by atoms with Gasteiger partial charge in [-0.3, -0.25) is 29.9 Å². The standard InChI is InChI=1S/3C10H8N2.C5H14N2.Ru/c3*1-3-7-11-9(5-1)10-6-2-4-8-12-10;6-4-2-1-3-5-7;/h3*1-8H;1-7H2;. The van der Waals surface area contributed by atoms with Gasteiger partial charge in [0, 0.05) is 56.7 Å². The number of hydrogen-bond acceptors (Lipinski definition) is 8. The molecule has 0 spiro atoms. The minimum Gasteiger partial charge on any atom is -0.330 e. The number of pyridine rings is 6. The third kappa shape index (κ3) is 14.1. The number of nitrogens with two attached hydrogens (primary N) is 2. The van der Waals surface area contributed by atoms with Crippen LogP contribution in [0, 0.1) is 0 Å². The molecule has 0 fully saturated rings. The van der Waals surface area contributed by atoms with Crippen molar-refractivity contribution in [3.8, 4) is 34.2 Å². The number of rotatable bonds is 7. The number of nitrogens with zero attached hydrogens (tertiary/aromatic N) is 6. The normalized spacial score (nSPS) is 9.41. The molecule has 0 radical (unpaired) electrons. The van der Waals surface area contributed by atoms with Gasteiger partial charge in [-0.05, 0) is 98.7 Å². The maximum atomic E-state index is 5.23. The van der Waals surface area contributed by atoms with E-state index in [1.807, 2.05) is 109 Å². The van der Waals surface area contributed by atoms with Gasteiger partial charge in [-0.15, -0.1) is 0 Å². The number of unbranched alkanes of at least 4 members (excludes halogenated alkanes) is 2. The molecule has 0 bridgehead atoms. The molecule has 0 saturated carbocycles. The Morgan fingerprint density at radius 3 is 0.659 bits per heavy atom. The average Bonchev–Trinajstić information content (AvgIpc) is 3.12. The van der Waals surface area contributed by atoms with Crippen molar-refractivity contribution in [3.05, 3.63) is 146 Å². The van der Waals surface area contributed by atoms with Gasteiger partial charge >= 0.3 is 0 Å². The van der Waals surface area contributed by atoms with Crippen LogP contribution in [0.25, 0.3) is 34.2 Å².